The molecule has 8 heteroatoms. The summed E-state index contributed by atoms with van der Waals surface area (Å²) in [6, 6.07) is 14.1. The van der Waals surface area contributed by atoms with Gasteiger partial charge in [0.2, 0.25) is 0 Å². The Labute approximate surface area is 170 Å². The molecule has 1 aliphatic heterocycles. The number of nitrogens with one attached hydrogen (secondary N) is 2. The van der Waals surface area contributed by atoms with Crippen molar-refractivity contribution < 1.29 is 19.1 Å². The van der Waals surface area contributed by atoms with Crippen LogP contribution in [-0.4, -0.2) is 35.3 Å². The minimum Gasteiger partial charge on any atom is -0.481 e. The number of hydrogen-bond acceptors (Lipinski definition) is 4. The van der Waals surface area contributed by atoms with Crippen LogP contribution in [0, 0.1) is 0 Å². The number of rotatable bonds is 5. The summed E-state index contributed by atoms with van der Waals surface area (Å²) in [4.78, 5) is 37.9. The highest BCUT2D eigenvalue weighted by atomic mass is 79.9. The van der Waals surface area contributed by atoms with Crippen molar-refractivity contribution in [3.05, 3.63) is 70.7 Å². The van der Waals surface area contributed by atoms with Crippen LogP contribution in [0.4, 0.5) is 0 Å². The van der Waals surface area contributed by atoms with Crippen molar-refractivity contribution in [2.24, 2.45) is 0 Å². The molecule has 1 atom stereocenters. The van der Waals surface area contributed by atoms with Crippen molar-refractivity contribution in [1.82, 2.24) is 15.8 Å². The number of fused-ring (bicyclic) bond motifs is 1. The van der Waals surface area contributed by atoms with Gasteiger partial charge in [-0.15, -0.1) is 0 Å². The standard InChI is InChI=1S/C20H18BrN3O4/c1-12-16-8-3-4-9-17(16)20(27)24(12)11-18(25)22-23-19(26)13(2)28-15-7-5-6-14(21)10-15/h3-10,13H,1,11H2,2H3,(H,22,25)(H,23,26). The summed E-state index contributed by atoms with van der Waals surface area (Å²) in [6.45, 7) is 5.18. The number of hydrogen-bond donors (Lipinski definition) is 2. The van der Waals surface area contributed by atoms with Gasteiger partial charge in [0.15, 0.2) is 6.10 Å². The van der Waals surface area contributed by atoms with Crippen LogP contribution in [0.15, 0.2) is 59.6 Å². The van der Waals surface area contributed by atoms with Crippen molar-refractivity contribution >= 4 is 39.3 Å². The largest absolute Gasteiger partial charge is 0.481 e. The Kier molecular flexibility index (Phi) is 5.79. The van der Waals surface area contributed by atoms with E-state index in [0.29, 0.717) is 22.6 Å². The molecular formula is C20H18BrN3O4. The number of ether oxygens (including phenoxy) is 1. The van der Waals surface area contributed by atoms with Crippen LogP contribution in [-0.2, 0) is 9.59 Å². The van der Waals surface area contributed by atoms with E-state index in [4.69, 9.17) is 4.74 Å². The lowest BCUT2D eigenvalue weighted by Gasteiger charge is -2.18. The quantitative estimate of drug-likeness (QED) is 0.694. The van der Waals surface area contributed by atoms with Crippen molar-refractivity contribution in [2.75, 3.05) is 6.54 Å². The third-order valence-electron chi connectivity index (χ3n) is 4.14. The van der Waals surface area contributed by atoms with Crippen LogP contribution < -0.4 is 15.6 Å². The Bertz CT molecular complexity index is 925. The number of hydrazine groups is 1. The smallest absolute Gasteiger partial charge is 0.279 e. The lowest BCUT2D eigenvalue weighted by atomic mass is 10.1. The molecule has 2 N–H and O–H groups in total. The molecule has 3 amide bonds. The molecule has 3 rings (SSSR count). The number of carbonyl (C=O) groups is 3. The Balaban J connectivity index is 1.51. The number of amides is 3. The fourth-order valence-electron chi connectivity index (χ4n) is 2.72. The summed E-state index contributed by atoms with van der Waals surface area (Å²) in [5, 5.41) is 0. The van der Waals surface area contributed by atoms with Gasteiger partial charge < -0.3 is 4.74 Å². The average Bonchev–Trinajstić information content (AvgIpc) is 2.91. The van der Waals surface area contributed by atoms with E-state index >= 15 is 0 Å². The van der Waals surface area contributed by atoms with Crippen molar-refractivity contribution in [3.8, 4) is 5.75 Å². The molecule has 2 aromatic carbocycles. The monoisotopic (exact) mass is 443 g/mol. The van der Waals surface area contributed by atoms with E-state index in [0.717, 1.165) is 4.47 Å². The average molecular weight is 444 g/mol. The lowest BCUT2D eigenvalue weighted by Crippen LogP contribution is -2.50. The highest BCUT2D eigenvalue weighted by Crippen LogP contribution is 2.30. The Morgan fingerprint density at radius 2 is 1.86 bits per heavy atom. The maximum absolute atomic E-state index is 12.4. The van der Waals surface area contributed by atoms with Gasteiger partial charge in [0.1, 0.15) is 12.3 Å². The Morgan fingerprint density at radius 3 is 2.54 bits per heavy atom. The van der Waals surface area contributed by atoms with Gasteiger partial charge in [-0.05, 0) is 31.2 Å². The highest BCUT2D eigenvalue weighted by molar-refractivity contribution is 9.10. The Morgan fingerprint density at radius 1 is 1.14 bits per heavy atom. The second-order valence-electron chi connectivity index (χ2n) is 6.14. The number of benzene rings is 2. The molecule has 0 saturated heterocycles. The van der Waals surface area contributed by atoms with Crippen molar-refractivity contribution in [3.63, 3.8) is 0 Å². The van der Waals surface area contributed by atoms with Crippen LogP contribution in [0.1, 0.15) is 22.8 Å². The van der Waals surface area contributed by atoms with E-state index in [-0.39, 0.29) is 12.5 Å². The lowest BCUT2D eigenvalue weighted by molar-refractivity contribution is -0.132. The van der Waals surface area contributed by atoms with Gasteiger partial charge in [0, 0.05) is 21.3 Å². The van der Waals surface area contributed by atoms with Crippen LogP contribution in [0.3, 0.4) is 0 Å². The molecule has 0 radical (unpaired) electrons. The van der Waals surface area contributed by atoms with Crippen LogP contribution in [0.2, 0.25) is 0 Å². The molecule has 0 aliphatic carbocycles. The van der Waals surface area contributed by atoms with Gasteiger partial charge in [-0.25, -0.2) is 0 Å². The van der Waals surface area contributed by atoms with Gasteiger partial charge in [-0.2, -0.15) is 0 Å². The minimum absolute atomic E-state index is 0.256. The summed E-state index contributed by atoms with van der Waals surface area (Å²) in [7, 11) is 0. The van der Waals surface area contributed by atoms with Crippen LogP contribution >= 0.6 is 15.9 Å². The molecule has 0 spiro atoms. The molecule has 1 heterocycles. The van der Waals surface area contributed by atoms with E-state index in [1.807, 2.05) is 6.07 Å². The summed E-state index contributed by atoms with van der Waals surface area (Å²) in [6.07, 6.45) is -0.831. The molecule has 7 nitrogen and oxygen atoms in total. The second-order valence-corrected chi connectivity index (χ2v) is 7.05. The zero-order valence-corrected chi connectivity index (χ0v) is 16.7. The van der Waals surface area contributed by atoms with Crippen LogP contribution in [0.5, 0.6) is 5.75 Å². The molecule has 0 aromatic heterocycles. The minimum atomic E-state index is -0.831. The molecule has 0 bridgehead atoms. The SMILES string of the molecule is C=C1c2ccccc2C(=O)N1CC(=O)NNC(=O)C(C)Oc1cccc(Br)c1. The molecule has 1 aliphatic rings. The highest BCUT2D eigenvalue weighted by Gasteiger charge is 2.32. The predicted octanol–water partition coefficient (Wildman–Crippen LogP) is 2.49. The molecular weight excluding hydrogens is 426 g/mol. The first kappa shape index (κ1) is 19.6. The normalized spacial score (nSPS) is 13.7. The number of halogens is 1. The second kappa shape index (κ2) is 8.26. The van der Waals surface area contributed by atoms with E-state index in [9.17, 15) is 14.4 Å². The summed E-state index contributed by atoms with van der Waals surface area (Å²) in [5.74, 6) is -0.859. The van der Waals surface area contributed by atoms with E-state index < -0.39 is 17.9 Å². The van der Waals surface area contributed by atoms with Gasteiger partial charge in [0.25, 0.3) is 17.7 Å². The third-order valence-corrected chi connectivity index (χ3v) is 4.64. The fourth-order valence-corrected chi connectivity index (χ4v) is 3.09. The zero-order valence-electron chi connectivity index (χ0n) is 15.1. The summed E-state index contributed by atoms with van der Waals surface area (Å²) >= 11 is 3.32. The number of carbonyl (C=O) groups excluding carboxylic acids is 3. The molecule has 0 fully saturated rings. The van der Waals surface area contributed by atoms with Gasteiger partial charge in [-0.3, -0.25) is 30.1 Å². The van der Waals surface area contributed by atoms with E-state index in [1.54, 1.807) is 49.4 Å². The van der Waals surface area contributed by atoms with Crippen molar-refractivity contribution in [2.45, 2.75) is 13.0 Å². The molecule has 1 unspecified atom stereocenters. The molecule has 0 saturated carbocycles. The maximum Gasteiger partial charge on any atom is 0.279 e. The first-order valence-corrected chi connectivity index (χ1v) is 9.27. The summed E-state index contributed by atoms with van der Waals surface area (Å²) < 4.78 is 6.35. The van der Waals surface area contributed by atoms with E-state index in [1.165, 1.54) is 4.90 Å². The molecule has 2 aromatic rings. The third kappa shape index (κ3) is 4.23. The van der Waals surface area contributed by atoms with Gasteiger partial charge in [-0.1, -0.05) is 46.8 Å². The topological polar surface area (TPSA) is 87.7 Å². The first-order chi connectivity index (χ1) is 13.4. The fraction of sp³-hybridized carbons (Fsp3) is 0.150. The predicted molar refractivity (Wildman–Crippen MR) is 107 cm³/mol. The maximum atomic E-state index is 12.4. The Hall–Kier alpha value is -3.13. The van der Waals surface area contributed by atoms with E-state index in [2.05, 4.69) is 33.4 Å². The first-order valence-electron chi connectivity index (χ1n) is 8.48. The number of nitrogens with zero attached hydrogens (tertiary/aromatic N) is 1. The van der Waals surface area contributed by atoms with Crippen molar-refractivity contribution in [1.29, 1.82) is 0 Å². The van der Waals surface area contributed by atoms with Crippen LogP contribution in [0.25, 0.3) is 5.70 Å². The molecule has 28 heavy (non-hydrogen) atoms. The van der Waals surface area contributed by atoms with Gasteiger partial charge in [0.05, 0.1) is 0 Å². The molecule has 144 valence electrons. The van der Waals surface area contributed by atoms with Gasteiger partial charge >= 0.3 is 0 Å². The summed E-state index contributed by atoms with van der Waals surface area (Å²) in [5.41, 5.74) is 6.24. The zero-order chi connectivity index (χ0) is 20.3.